The molecule has 3 rings (SSSR count). The Bertz CT molecular complexity index is 773. The van der Waals surface area contributed by atoms with E-state index in [2.05, 4.69) is 9.88 Å². The molecule has 8 nitrogen and oxygen atoms in total. The van der Waals surface area contributed by atoms with Crippen LogP contribution < -0.4 is 0 Å². The smallest absolute Gasteiger partial charge is 0.307 e. The molecule has 1 N–H and O–H groups in total. The summed E-state index contributed by atoms with van der Waals surface area (Å²) in [4.78, 5) is 27.8. The molecule has 0 amide bonds. The molecule has 25 heavy (non-hydrogen) atoms. The minimum atomic E-state index is -0.742. The van der Waals surface area contributed by atoms with Crippen molar-refractivity contribution in [3.63, 3.8) is 0 Å². The largest absolute Gasteiger partial charge is 0.481 e. The van der Waals surface area contributed by atoms with E-state index in [1.165, 1.54) is 12.1 Å². The Hall–Kier alpha value is -2.74. The molecular formula is C17H19N3O5. The first-order valence-corrected chi connectivity index (χ1v) is 8.17. The zero-order chi connectivity index (χ0) is 17.8. The summed E-state index contributed by atoms with van der Waals surface area (Å²) >= 11 is 0. The SMILES string of the molecule is O=C(O)C1CCCN(CCc2ncc(-c3cccc([N+](=O)[O-])c3)o2)C1. The normalized spacial score (nSPS) is 18.2. The lowest BCUT2D eigenvalue weighted by atomic mass is 9.98. The number of non-ortho nitro benzene ring substituents is 1. The molecule has 1 aliphatic heterocycles. The monoisotopic (exact) mass is 345 g/mol. The van der Waals surface area contributed by atoms with E-state index in [0.717, 1.165) is 19.4 Å². The van der Waals surface area contributed by atoms with Gasteiger partial charge in [-0.15, -0.1) is 0 Å². The molecular weight excluding hydrogens is 326 g/mol. The van der Waals surface area contributed by atoms with Crippen LogP contribution >= 0.6 is 0 Å². The van der Waals surface area contributed by atoms with Gasteiger partial charge in [0.15, 0.2) is 11.7 Å². The van der Waals surface area contributed by atoms with Crippen molar-refractivity contribution in [2.24, 2.45) is 5.92 Å². The number of hydrogen-bond donors (Lipinski definition) is 1. The van der Waals surface area contributed by atoms with Crippen molar-refractivity contribution in [3.05, 3.63) is 46.5 Å². The van der Waals surface area contributed by atoms with Crippen LogP contribution in [0.4, 0.5) is 5.69 Å². The van der Waals surface area contributed by atoms with Crippen LogP contribution in [0.3, 0.4) is 0 Å². The fourth-order valence-corrected chi connectivity index (χ4v) is 3.05. The van der Waals surface area contributed by atoms with E-state index in [-0.39, 0.29) is 11.6 Å². The summed E-state index contributed by atoms with van der Waals surface area (Å²) in [6.45, 7) is 2.11. The second-order valence-corrected chi connectivity index (χ2v) is 6.15. The summed E-state index contributed by atoms with van der Waals surface area (Å²) in [5.41, 5.74) is 0.611. The Morgan fingerprint density at radius 2 is 2.32 bits per heavy atom. The third kappa shape index (κ3) is 4.21. The number of benzene rings is 1. The number of nitro groups is 1. The van der Waals surface area contributed by atoms with Crippen molar-refractivity contribution in [1.82, 2.24) is 9.88 Å². The number of aliphatic carboxylic acids is 1. The highest BCUT2D eigenvalue weighted by Crippen LogP contribution is 2.25. The molecule has 1 atom stereocenters. The highest BCUT2D eigenvalue weighted by molar-refractivity contribution is 5.70. The summed E-state index contributed by atoms with van der Waals surface area (Å²) in [5.74, 6) is -0.0211. The van der Waals surface area contributed by atoms with Gasteiger partial charge < -0.3 is 14.4 Å². The van der Waals surface area contributed by atoms with E-state index >= 15 is 0 Å². The van der Waals surface area contributed by atoms with Crippen LogP contribution in [0.2, 0.25) is 0 Å². The number of nitro benzene ring substituents is 1. The van der Waals surface area contributed by atoms with E-state index in [1.807, 2.05) is 0 Å². The molecule has 1 unspecified atom stereocenters. The summed E-state index contributed by atoms with van der Waals surface area (Å²) in [5, 5.41) is 20.0. The van der Waals surface area contributed by atoms with Crippen molar-refractivity contribution >= 4 is 11.7 Å². The second-order valence-electron chi connectivity index (χ2n) is 6.15. The number of oxazole rings is 1. The molecule has 0 spiro atoms. The second kappa shape index (κ2) is 7.43. The average Bonchev–Trinajstić information content (AvgIpc) is 3.09. The predicted molar refractivity (Wildman–Crippen MR) is 89.1 cm³/mol. The quantitative estimate of drug-likeness (QED) is 0.633. The molecule has 2 heterocycles. The van der Waals surface area contributed by atoms with Crippen LogP contribution in [-0.4, -0.2) is 45.5 Å². The Labute approximate surface area is 144 Å². The molecule has 2 aromatic rings. The van der Waals surface area contributed by atoms with Gasteiger partial charge in [-0.1, -0.05) is 12.1 Å². The number of rotatable bonds is 6. The van der Waals surface area contributed by atoms with Crippen LogP contribution in [0.25, 0.3) is 11.3 Å². The lowest BCUT2D eigenvalue weighted by Crippen LogP contribution is -2.39. The van der Waals surface area contributed by atoms with Gasteiger partial charge in [0.25, 0.3) is 5.69 Å². The molecule has 0 radical (unpaired) electrons. The Morgan fingerprint density at radius 3 is 3.08 bits per heavy atom. The van der Waals surface area contributed by atoms with E-state index in [4.69, 9.17) is 9.52 Å². The Kier molecular flexibility index (Phi) is 5.08. The van der Waals surface area contributed by atoms with E-state index in [1.54, 1.807) is 18.3 Å². The highest BCUT2D eigenvalue weighted by Gasteiger charge is 2.25. The lowest BCUT2D eigenvalue weighted by molar-refractivity contribution is -0.384. The van der Waals surface area contributed by atoms with Crippen LogP contribution in [0.15, 0.2) is 34.9 Å². The summed E-state index contributed by atoms with van der Waals surface area (Å²) in [7, 11) is 0. The van der Waals surface area contributed by atoms with Crippen molar-refractivity contribution in [1.29, 1.82) is 0 Å². The molecule has 0 aliphatic carbocycles. The van der Waals surface area contributed by atoms with Gasteiger partial charge in [-0.05, 0) is 19.4 Å². The average molecular weight is 345 g/mol. The lowest BCUT2D eigenvalue weighted by Gasteiger charge is -2.30. The van der Waals surface area contributed by atoms with Crippen LogP contribution in [0.5, 0.6) is 0 Å². The van der Waals surface area contributed by atoms with Gasteiger partial charge in [-0.2, -0.15) is 0 Å². The Morgan fingerprint density at radius 1 is 1.48 bits per heavy atom. The summed E-state index contributed by atoms with van der Waals surface area (Å²) in [6.07, 6.45) is 3.73. The minimum absolute atomic E-state index is 0.00322. The van der Waals surface area contributed by atoms with Crippen molar-refractivity contribution in [3.8, 4) is 11.3 Å². The third-order valence-corrected chi connectivity index (χ3v) is 4.39. The van der Waals surface area contributed by atoms with Gasteiger partial charge in [0, 0.05) is 37.2 Å². The van der Waals surface area contributed by atoms with Gasteiger partial charge in [-0.3, -0.25) is 14.9 Å². The fraction of sp³-hybridized carbons (Fsp3) is 0.412. The van der Waals surface area contributed by atoms with Crippen molar-refractivity contribution in [2.75, 3.05) is 19.6 Å². The van der Waals surface area contributed by atoms with Gasteiger partial charge in [0.2, 0.25) is 0 Å². The maximum atomic E-state index is 11.1. The maximum absolute atomic E-state index is 11.1. The molecule has 0 bridgehead atoms. The number of nitrogens with zero attached hydrogens (tertiary/aromatic N) is 3. The van der Waals surface area contributed by atoms with Gasteiger partial charge >= 0.3 is 5.97 Å². The first-order valence-electron chi connectivity index (χ1n) is 8.17. The first kappa shape index (κ1) is 17.1. The van der Waals surface area contributed by atoms with Crippen LogP contribution in [0.1, 0.15) is 18.7 Å². The molecule has 1 fully saturated rings. The van der Waals surface area contributed by atoms with Crippen molar-refractivity contribution < 1.29 is 19.2 Å². The highest BCUT2D eigenvalue weighted by atomic mass is 16.6. The number of piperidine rings is 1. The Balaban J connectivity index is 1.61. The number of carboxylic acids is 1. The standard InChI is InChI=1S/C17H19N3O5/c21-17(22)13-4-2-7-19(11-13)8-6-16-18-10-15(25-16)12-3-1-5-14(9-12)20(23)24/h1,3,5,9-10,13H,2,4,6-8,11H2,(H,21,22). The van der Waals surface area contributed by atoms with Crippen molar-refractivity contribution in [2.45, 2.75) is 19.3 Å². The molecule has 0 saturated carbocycles. The van der Waals surface area contributed by atoms with E-state index in [0.29, 0.717) is 36.7 Å². The van der Waals surface area contributed by atoms with Crippen LogP contribution in [-0.2, 0) is 11.2 Å². The molecule has 1 aliphatic rings. The zero-order valence-electron chi connectivity index (χ0n) is 13.6. The maximum Gasteiger partial charge on any atom is 0.307 e. The molecule has 1 saturated heterocycles. The molecule has 8 heteroatoms. The number of aromatic nitrogens is 1. The fourth-order valence-electron chi connectivity index (χ4n) is 3.05. The topological polar surface area (TPSA) is 110 Å². The number of carbonyl (C=O) groups is 1. The number of likely N-dealkylation sites (tertiary alicyclic amines) is 1. The molecule has 132 valence electrons. The zero-order valence-corrected chi connectivity index (χ0v) is 13.6. The number of carboxylic acid groups (broad SMARTS) is 1. The number of hydrogen-bond acceptors (Lipinski definition) is 6. The predicted octanol–water partition coefficient (Wildman–Crippen LogP) is 2.59. The van der Waals surface area contributed by atoms with Gasteiger partial charge in [-0.25, -0.2) is 4.98 Å². The third-order valence-electron chi connectivity index (χ3n) is 4.39. The first-order chi connectivity index (χ1) is 12.0. The minimum Gasteiger partial charge on any atom is -0.481 e. The van der Waals surface area contributed by atoms with E-state index < -0.39 is 10.9 Å². The molecule has 1 aromatic carbocycles. The van der Waals surface area contributed by atoms with Crippen LogP contribution in [0, 0.1) is 16.0 Å². The molecule has 1 aromatic heterocycles. The summed E-state index contributed by atoms with van der Waals surface area (Å²) < 4.78 is 5.69. The van der Waals surface area contributed by atoms with Gasteiger partial charge in [0.1, 0.15) is 0 Å². The van der Waals surface area contributed by atoms with E-state index in [9.17, 15) is 14.9 Å². The van der Waals surface area contributed by atoms with Gasteiger partial charge in [0.05, 0.1) is 17.0 Å². The summed E-state index contributed by atoms with van der Waals surface area (Å²) in [6, 6.07) is 6.22.